The molecule has 3 aromatic rings. The standard InChI is InChI=1S/C15H13ClN4O2/c1-9-12(3-4-13(21)22)15(19(2)18-9)20-6-5-10-7-11(16)8-17-14(10)20/h3-8H,1-2H3,(H,21,22). The van der Waals surface area contributed by atoms with Gasteiger partial charge in [-0.15, -0.1) is 0 Å². The van der Waals surface area contributed by atoms with Gasteiger partial charge in [0.2, 0.25) is 0 Å². The van der Waals surface area contributed by atoms with Crippen LogP contribution in [0.3, 0.4) is 0 Å². The first-order valence-corrected chi connectivity index (χ1v) is 6.93. The van der Waals surface area contributed by atoms with E-state index in [4.69, 9.17) is 16.7 Å². The van der Waals surface area contributed by atoms with Crippen LogP contribution in [0.25, 0.3) is 22.9 Å². The highest BCUT2D eigenvalue weighted by Crippen LogP contribution is 2.25. The zero-order valence-corrected chi connectivity index (χ0v) is 12.7. The predicted octanol–water partition coefficient (Wildman–Crippen LogP) is 2.82. The van der Waals surface area contributed by atoms with Crippen LogP contribution >= 0.6 is 11.6 Å². The second-order valence-electron chi connectivity index (χ2n) is 4.87. The van der Waals surface area contributed by atoms with Crippen LogP contribution in [0.1, 0.15) is 11.3 Å². The van der Waals surface area contributed by atoms with E-state index in [1.54, 1.807) is 17.0 Å². The molecule has 0 saturated carbocycles. The monoisotopic (exact) mass is 316 g/mol. The van der Waals surface area contributed by atoms with E-state index in [9.17, 15) is 4.79 Å². The lowest BCUT2D eigenvalue weighted by Gasteiger charge is -2.07. The SMILES string of the molecule is Cc1nn(C)c(-n2ccc3cc(Cl)cnc32)c1C=CC(=O)O. The van der Waals surface area contributed by atoms with Gasteiger partial charge >= 0.3 is 5.97 Å². The van der Waals surface area contributed by atoms with Crippen molar-refractivity contribution in [1.29, 1.82) is 0 Å². The van der Waals surface area contributed by atoms with E-state index in [1.165, 1.54) is 0 Å². The number of pyridine rings is 1. The van der Waals surface area contributed by atoms with Gasteiger partial charge in [-0.3, -0.25) is 9.25 Å². The van der Waals surface area contributed by atoms with Crippen LogP contribution < -0.4 is 0 Å². The summed E-state index contributed by atoms with van der Waals surface area (Å²) in [5.41, 5.74) is 2.21. The van der Waals surface area contributed by atoms with Gasteiger partial charge in [0.25, 0.3) is 0 Å². The third-order valence-corrected chi connectivity index (χ3v) is 3.56. The molecule has 0 aliphatic carbocycles. The van der Waals surface area contributed by atoms with Gasteiger partial charge in [-0.2, -0.15) is 5.10 Å². The van der Waals surface area contributed by atoms with Crippen LogP contribution in [-0.4, -0.2) is 30.4 Å². The number of halogens is 1. The Balaban J connectivity index is 2.24. The molecule has 0 aliphatic heterocycles. The summed E-state index contributed by atoms with van der Waals surface area (Å²) in [6.45, 7) is 1.83. The Morgan fingerprint density at radius 2 is 2.23 bits per heavy atom. The number of rotatable bonds is 3. The van der Waals surface area contributed by atoms with E-state index in [1.807, 2.05) is 36.9 Å². The molecule has 0 bridgehead atoms. The Hall–Kier alpha value is -2.60. The van der Waals surface area contributed by atoms with Gasteiger partial charge in [0.1, 0.15) is 11.5 Å². The molecule has 0 fully saturated rings. The number of nitrogens with zero attached hydrogens (tertiary/aromatic N) is 4. The molecule has 112 valence electrons. The summed E-state index contributed by atoms with van der Waals surface area (Å²) in [4.78, 5) is 15.1. The Kier molecular flexibility index (Phi) is 3.46. The van der Waals surface area contributed by atoms with Crippen molar-refractivity contribution in [3.05, 3.63) is 46.9 Å². The first kappa shape index (κ1) is 14.3. The summed E-state index contributed by atoms with van der Waals surface area (Å²) in [6, 6.07) is 3.73. The van der Waals surface area contributed by atoms with Crippen LogP contribution in [-0.2, 0) is 11.8 Å². The van der Waals surface area contributed by atoms with E-state index in [0.29, 0.717) is 5.02 Å². The predicted molar refractivity (Wildman–Crippen MR) is 84.3 cm³/mol. The maximum Gasteiger partial charge on any atom is 0.328 e. The van der Waals surface area contributed by atoms with Crippen molar-refractivity contribution in [2.24, 2.45) is 7.05 Å². The number of hydrogen-bond donors (Lipinski definition) is 1. The van der Waals surface area contributed by atoms with Crippen LogP contribution in [0.2, 0.25) is 5.02 Å². The van der Waals surface area contributed by atoms with Crippen LogP contribution in [0.5, 0.6) is 0 Å². The average molecular weight is 317 g/mol. The van der Waals surface area contributed by atoms with Crippen molar-refractivity contribution in [1.82, 2.24) is 19.3 Å². The number of aliphatic carboxylic acids is 1. The molecular formula is C15H13ClN4O2. The molecule has 0 spiro atoms. The molecule has 7 heteroatoms. The Morgan fingerprint density at radius 1 is 1.45 bits per heavy atom. The molecule has 6 nitrogen and oxygen atoms in total. The number of carboxylic acid groups (broad SMARTS) is 1. The smallest absolute Gasteiger partial charge is 0.328 e. The lowest BCUT2D eigenvalue weighted by atomic mass is 10.2. The second-order valence-corrected chi connectivity index (χ2v) is 5.31. The number of aromatic nitrogens is 4. The van der Waals surface area contributed by atoms with Crippen LogP contribution in [0, 0.1) is 6.92 Å². The fourth-order valence-corrected chi connectivity index (χ4v) is 2.63. The summed E-state index contributed by atoms with van der Waals surface area (Å²) in [5.74, 6) is -0.253. The highest BCUT2D eigenvalue weighted by atomic mass is 35.5. The van der Waals surface area contributed by atoms with Gasteiger partial charge < -0.3 is 5.11 Å². The molecule has 3 aromatic heterocycles. The first-order valence-electron chi connectivity index (χ1n) is 6.55. The van der Waals surface area contributed by atoms with E-state index >= 15 is 0 Å². The topological polar surface area (TPSA) is 72.9 Å². The highest BCUT2D eigenvalue weighted by molar-refractivity contribution is 6.31. The number of aryl methyl sites for hydroxylation is 2. The van der Waals surface area contributed by atoms with Crippen molar-refractivity contribution in [2.75, 3.05) is 0 Å². The molecule has 0 aliphatic rings. The van der Waals surface area contributed by atoms with Gasteiger partial charge in [0.05, 0.1) is 10.7 Å². The van der Waals surface area contributed by atoms with E-state index in [2.05, 4.69) is 10.1 Å². The molecule has 0 unspecified atom stereocenters. The minimum Gasteiger partial charge on any atom is -0.478 e. The molecular weight excluding hydrogens is 304 g/mol. The summed E-state index contributed by atoms with van der Waals surface area (Å²) >= 11 is 5.96. The highest BCUT2D eigenvalue weighted by Gasteiger charge is 2.15. The van der Waals surface area contributed by atoms with E-state index in [0.717, 1.165) is 34.2 Å². The van der Waals surface area contributed by atoms with Gasteiger partial charge in [-0.1, -0.05) is 11.6 Å². The number of carboxylic acids is 1. The fraction of sp³-hybridized carbons (Fsp3) is 0.133. The molecule has 0 aromatic carbocycles. The molecule has 3 rings (SSSR count). The molecule has 1 N–H and O–H groups in total. The summed E-state index contributed by atoms with van der Waals surface area (Å²) in [5, 5.41) is 14.7. The number of fused-ring (bicyclic) bond motifs is 1. The molecule has 22 heavy (non-hydrogen) atoms. The quantitative estimate of drug-likeness (QED) is 0.754. The lowest BCUT2D eigenvalue weighted by molar-refractivity contribution is -0.131. The maximum absolute atomic E-state index is 10.8. The second kappa shape index (κ2) is 5.31. The summed E-state index contributed by atoms with van der Waals surface area (Å²) in [6.07, 6.45) is 6.09. The normalized spacial score (nSPS) is 11.6. The number of hydrogen-bond acceptors (Lipinski definition) is 3. The minimum absolute atomic E-state index is 0.567. The Bertz CT molecular complexity index is 908. The van der Waals surface area contributed by atoms with Crippen LogP contribution in [0.15, 0.2) is 30.6 Å². The van der Waals surface area contributed by atoms with Crippen molar-refractivity contribution in [3.8, 4) is 5.82 Å². The van der Waals surface area contributed by atoms with Gasteiger partial charge in [0, 0.05) is 36.5 Å². The molecule has 0 atom stereocenters. The van der Waals surface area contributed by atoms with Crippen molar-refractivity contribution < 1.29 is 9.90 Å². The molecule has 0 saturated heterocycles. The van der Waals surface area contributed by atoms with Crippen molar-refractivity contribution >= 4 is 34.7 Å². The van der Waals surface area contributed by atoms with Crippen molar-refractivity contribution in [3.63, 3.8) is 0 Å². The maximum atomic E-state index is 10.8. The molecule has 0 amide bonds. The lowest BCUT2D eigenvalue weighted by Crippen LogP contribution is -2.04. The average Bonchev–Trinajstić information content (AvgIpc) is 2.96. The van der Waals surface area contributed by atoms with Gasteiger partial charge in [0.15, 0.2) is 0 Å². The molecule has 3 heterocycles. The largest absolute Gasteiger partial charge is 0.478 e. The number of carbonyl (C=O) groups is 1. The third kappa shape index (κ3) is 2.37. The molecule has 0 radical (unpaired) electrons. The van der Waals surface area contributed by atoms with Gasteiger partial charge in [-0.05, 0) is 25.1 Å². The fourth-order valence-electron chi connectivity index (χ4n) is 2.47. The zero-order chi connectivity index (χ0) is 15.9. The summed E-state index contributed by atoms with van der Waals surface area (Å²) in [7, 11) is 1.81. The van der Waals surface area contributed by atoms with Crippen LogP contribution in [0.4, 0.5) is 0 Å². The van der Waals surface area contributed by atoms with E-state index < -0.39 is 5.97 Å². The first-order chi connectivity index (χ1) is 10.5. The Morgan fingerprint density at radius 3 is 2.95 bits per heavy atom. The minimum atomic E-state index is -1.00. The van der Waals surface area contributed by atoms with E-state index in [-0.39, 0.29) is 0 Å². The summed E-state index contributed by atoms with van der Waals surface area (Å²) < 4.78 is 3.57. The zero-order valence-electron chi connectivity index (χ0n) is 12.0. The third-order valence-electron chi connectivity index (χ3n) is 3.35. The Labute approximate surface area is 131 Å². The van der Waals surface area contributed by atoms with Crippen molar-refractivity contribution in [2.45, 2.75) is 6.92 Å². The van der Waals surface area contributed by atoms with Gasteiger partial charge in [-0.25, -0.2) is 9.78 Å².